The van der Waals surface area contributed by atoms with Crippen molar-refractivity contribution in [2.24, 2.45) is 0 Å². The average molecular weight is 251 g/mol. The van der Waals surface area contributed by atoms with E-state index in [9.17, 15) is 0 Å². The highest BCUT2D eigenvalue weighted by molar-refractivity contribution is 5.50. The average Bonchev–Trinajstić information content (AvgIpc) is 2.87. The number of oxazole rings is 1. The number of aryl methyl sites for hydroxylation is 1. The summed E-state index contributed by atoms with van der Waals surface area (Å²) in [6.45, 7) is 2.76. The Balaban J connectivity index is 1.79. The minimum absolute atomic E-state index is 0.671. The summed E-state index contributed by atoms with van der Waals surface area (Å²) >= 11 is 0. The number of aromatic nitrogens is 2. The van der Waals surface area contributed by atoms with E-state index in [2.05, 4.69) is 33.8 Å². The van der Waals surface area contributed by atoms with Crippen molar-refractivity contribution in [3.63, 3.8) is 0 Å². The summed E-state index contributed by atoms with van der Waals surface area (Å²) in [5.41, 5.74) is 2.28. The van der Waals surface area contributed by atoms with Crippen LogP contribution in [0.1, 0.15) is 11.3 Å². The van der Waals surface area contributed by atoms with Gasteiger partial charge in [0.15, 0.2) is 18.9 Å². The molecular formula is C16H15N2O+. The van der Waals surface area contributed by atoms with E-state index < -0.39 is 0 Å². The lowest BCUT2D eigenvalue weighted by Crippen LogP contribution is -2.32. The molecule has 0 saturated heterocycles. The number of hydrogen-bond acceptors (Lipinski definition) is 2. The van der Waals surface area contributed by atoms with Crippen LogP contribution in [0.5, 0.6) is 0 Å². The van der Waals surface area contributed by atoms with Gasteiger partial charge in [-0.1, -0.05) is 30.3 Å². The molecule has 0 amide bonds. The van der Waals surface area contributed by atoms with Gasteiger partial charge in [-0.25, -0.2) is 9.55 Å². The van der Waals surface area contributed by atoms with Crippen LogP contribution in [0, 0.1) is 6.92 Å². The molecule has 2 heterocycles. The third-order valence-corrected chi connectivity index (χ3v) is 2.97. The van der Waals surface area contributed by atoms with Crippen LogP contribution in [0.2, 0.25) is 0 Å². The summed E-state index contributed by atoms with van der Waals surface area (Å²) in [5, 5.41) is 0. The number of hydrogen-bond donors (Lipinski definition) is 0. The normalized spacial score (nSPS) is 10.6. The summed E-state index contributed by atoms with van der Waals surface area (Å²) in [6.07, 6.45) is 5.82. The lowest BCUT2D eigenvalue weighted by Gasteiger charge is -1.98. The van der Waals surface area contributed by atoms with Crippen LogP contribution in [0.15, 0.2) is 65.5 Å². The van der Waals surface area contributed by atoms with Crippen molar-refractivity contribution in [2.75, 3.05) is 0 Å². The van der Waals surface area contributed by atoms with Crippen LogP contribution < -0.4 is 4.57 Å². The van der Waals surface area contributed by atoms with Gasteiger partial charge in [0.2, 0.25) is 5.89 Å². The molecule has 3 heteroatoms. The van der Waals surface area contributed by atoms with Crippen molar-refractivity contribution in [1.82, 2.24) is 4.98 Å². The summed E-state index contributed by atoms with van der Waals surface area (Å²) in [5.74, 6) is 1.50. The molecule has 19 heavy (non-hydrogen) atoms. The Bertz CT molecular complexity index is 657. The predicted molar refractivity (Wildman–Crippen MR) is 72.4 cm³/mol. The van der Waals surface area contributed by atoms with Crippen LogP contribution in [0.3, 0.4) is 0 Å². The molecule has 94 valence electrons. The van der Waals surface area contributed by atoms with Crippen molar-refractivity contribution < 1.29 is 8.98 Å². The summed E-state index contributed by atoms with van der Waals surface area (Å²) in [7, 11) is 0. The van der Waals surface area contributed by atoms with Crippen molar-refractivity contribution in [1.29, 1.82) is 0 Å². The van der Waals surface area contributed by atoms with Gasteiger partial charge in [-0.15, -0.1) is 0 Å². The number of nitrogens with zero attached hydrogens (tertiary/aromatic N) is 2. The predicted octanol–water partition coefficient (Wildman–Crippen LogP) is 2.99. The molecule has 0 spiro atoms. The largest absolute Gasteiger partial charge is 0.441 e. The lowest BCUT2D eigenvalue weighted by molar-refractivity contribution is -0.688. The second-order valence-corrected chi connectivity index (χ2v) is 4.52. The fourth-order valence-corrected chi connectivity index (χ4v) is 1.99. The van der Waals surface area contributed by atoms with Crippen LogP contribution in [0.25, 0.3) is 11.5 Å². The first-order valence-electron chi connectivity index (χ1n) is 6.27. The number of pyridine rings is 1. The molecule has 0 aliphatic heterocycles. The van der Waals surface area contributed by atoms with E-state index in [-0.39, 0.29) is 0 Å². The van der Waals surface area contributed by atoms with Crippen molar-refractivity contribution in [3.05, 3.63) is 72.4 Å². The van der Waals surface area contributed by atoms with E-state index in [0.717, 1.165) is 17.9 Å². The summed E-state index contributed by atoms with van der Waals surface area (Å²) in [4.78, 5) is 4.22. The topological polar surface area (TPSA) is 29.9 Å². The molecule has 0 aliphatic carbocycles. The van der Waals surface area contributed by atoms with E-state index in [0.29, 0.717) is 5.89 Å². The quantitative estimate of drug-likeness (QED) is 0.670. The van der Waals surface area contributed by atoms with E-state index in [1.807, 2.05) is 37.5 Å². The molecule has 3 aromatic rings. The zero-order chi connectivity index (χ0) is 13.1. The van der Waals surface area contributed by atoms with E-state index in [1.165, 1.54) is 5.56 Å². The van der Waals surface area contributed by atoms with E-state index >= 15 is 0 Å². The second kappa shape index (κ2) is 5.06. The van der Waals surface area contributed by atoms with Gasteiger partial charge in [0, 0.05) is 23.3 Å². The van der Waals surface area contributed by atoms with Crippen LogP contribution in [0.4, 0.5) is 0 Å². The Kier molecular flexibility index (Phi) is 3.11. The molecular weight excluding hydrogens is 236 g/mol. The molecule has 3 nitrogen and oxygen atoms in total. The van der Waals surface area contributed by atoms with Gasteiger partial charge in [-0.3, -0.25) is 0 Å². The minimum atomic E-state index is 0.671. The van der Waals surface area contributed by atoms with Gasteiger partial charge >= 0.3 is 0 Å². The van der Waals surface area contributed by atoms with E-state index in [4.69, 9.17) is 4.42 Å². The molecule has 0 atom stereocenters. The molecule has 1 aromatic carbocycles. The third-order valence-electron chi connectivity index (χ3n) is 2.97. The molecule has 3 rings (SSSR count). The van der Waals surface area contributed by atoms with Gasteiger partial charge < -0.3 is 4.42 Å². The van der Waals surface area contributed by atoms with Gasteiger partial charge in [0.05, 0.1) is 6.20 Å². The second-order valence-electron chi connectivity index (χ2n) is 4.52. The summed E-state index contributed by atoms with van der Waals surface area (Å²) < 4.78 is 7.64. The van der Waals surface area contributed by atoms with Gasteiger partial charge in [-0.2, -0.15) is 0 Å². The molecule has 0 radical (unpaired) electrons. The molecule has 0 aliphatic rings. The van der Waals surface area contributed by atoms with Gasteiger partial charge in [-0.05, 0) is 6.92 Å². The Morgan fingerprint density at radius 2 is 1.79 bits per heavy atom. The number of benzene rings is 1. The standard InChI is InChI=1S/C16H15N2O/c1-13-11-17-16(19-13)15-7-9-18(10-8-15)12-14-5-3-2-4-6-14/h2-11H,12H2,1H3/q+1. The van der Waals surface area contributed by atoms with Crippen LogP contribution in [-0.4, -0.2) is 4.98 Å². The maximum atomic E-state index is 5.51. The smallest absolute Gasteiger partial charge is 0.226 e. The maximum Gasteiger partial charge on any atom is 0.226 e. The third kappa shape index (κ3) is 2.71. The first-order valence-corrected chi connectivity index (χ1v) is 6.27. The Morgan fingerprint density at radius 1 is 1.05 bits per heavy atom. The Labute approximate surface area is 112 Å². The molecule has 2 aromatic heterocycles. The zero-order valence-corrected chi connectivity index (χ0v) is 10.8. The van der Waals surface area contributed by atoms with Gasteiger partial charge in [0.25, 0.3) is 0 Å². The Morgan fingerprint density at radius 3 is 2.42 bits per heavy atom. The minimum Gasteiger partial charge on any atom is -0.441 e. The molecule has 0 unspecified atom stereocenters. The molecule has 0 fully saturated rings. The highest BCUT2D eigenvalue weighted by Crippen LogP contribution is 2.16. The van der Waals surface area contributed by atoms with Crippen LogP contribution in [-0.2, 0) is 6.54 Å². The maximum absolute atomic E-state index is 5.51. The first kappa shape index (κ1) is 11.7. The molecule has 0 N–H and O–H groups in total. The highest BCUT2D eigenvalue weighted by Gasteiger charge is 2.07. The summed E-state index contributed by atoms with van der Waals surface area (Å²) in [6, 6.07) is 14.4. The fourth-order valence-electron chi connectivity index (χ4n) is 1.99. The monoisotopic (exact) mass is 251 g/mol. The molecule has 0 bridgehead atoms. The van der Waals surface area contributed by atoms with Gasteiger partial charge in [0.1, 0.15) is 5.76 Å². The lowest BCUT2D eigenvalue weighted by atomic mass is 10.2. The van der Waals surface area contributed by atoms with Crippen molar-refractivity contribution in [3.8, 4) is 11.5 Å². The Hall–Kier alpha value is -2.42. The van der Waals surface area contributed by atoms with Crippen molar-refractivity contribution in [2.45, 2.75) is 13.5 Å². The zero-order valence-electron chi connectivity index (χ0n) is 10.8. The van der Waals surface area contributed by atoms with Crippen LogP contribution >= 0.6 is 0 Å². The van der Waals surface area contributed by atoms with E-state index in [1.54, 1.807) is 6.20 Å². The SMILES string of the molecule is Cc1cnc(-c2cc[n+](Cc3ccccc3)cc2)o1. The first-order chi connectivity index (χ1) is 9.31. The number of rotatable bonds is 3. The highest BCUT2D eigenvalue weighted by atomic mass is 16.4. The fraction of sp³-hybridized carbons (Fsp3) is 0.125. The molecule has 0 saturated carbocycles. The van der Waals surface area contributed by atoms with Crippen molar-refractivity contribution >= 4 is 0 Å².